The van der Waals surface area contributed by atoms with Gasteiger partial charge in [-0.3, -0.25) is 0 Å². The standard InChI is InChI=1S/C12H11N3O/c1-2-7-3-4-10-8(5-7)6-9-11(13)15-16-12(9)14-10/h3-6H,2H2,1H3,(H2,13,15). The predicted octanol–water partition coefficient (Wildman–Crippen LogP) is 2.52. The van der Waals surface area contributed by atoms with Gasteiger partial charge in [0.15, 0.2) is 5.82 Å². The lowest BCUT2D eigenvalue weighted by atomic mass is 10.1. The number of rotatable bonds is 1. The summed E-state index contributed by atoms with van der Waals surface area (Å²) in [6.45, 7) is 2.13. The number of aryl methyl sites for hydroxylation is 1. The average molecular weight is 213 g/mol. The summed E-state index contributed by atoms with van der Waals surface area (Å²) in [5.74, 6) is 0.395. The van der Waals surface area contributed by atoms with Crippen molar-refractivity contribution in [2.45, 2.75) is 13.3 Å². The molecular weight excluding hydrogens is 202 g/mol. The Morgan fingerprint density at radius 1 is 1.31 bits per heavy atom. The minimum atomic E-state index is 0.395. The Hall–Kier alpha value is -2.10. The zero-order valence-electron chi connectivity index (χ0n) is 8.90. The molecule has 0 saturated carbocycles. The molecule has 3 aromatic rings. The van der Waals surface area contributed by atoms with Gasteiger partial charge in [0.05, 0.1) is 10.9 Å². The molecule has 2 aromatic heterocycles. The fourth-order valence-corrected chi connectivity index (χ4v) is 1.82. The van der Waals surface area contributed by atoms with E-state index in [0.717, 1.165) is 22.7 Å². The van der Waals surface area contributed by atoms with E-state index < -0.39 is 0 Å². The lowest BCUT2D eigenvalue weighted by Crippen LogP contribution is -1.86. The van der Waals surface area contributed by atoms with Crippen LogP contribution in [0.3, 0.4) is 0 Å². The van der Waals surface area contributed by atoms with Gasteiger partial charge in [-0.1, -0.05) is 18.1 Å². The highest BCUT2D eigenvalue weighted by Gasteiger charge is 2.08. The molecule has 16 heavy (non-hydrogen) atoms. The van der Waals surface area contributed by atoms with Gasteiger partial charge in [0.25, 0.3) is 5.71 Å². The lowest BCUT2D eigenvalue weighted by Gasteiger charge is -2.00. The van der Waals surface area contributed by atoms with Crippen LogP contribution in [0.2, 0.25) is 0 Å². The first-order chi connectivity index (χ1) is 7.78. The minimum absolute atomic E-state index is 0.395. The molecule has 0 aliphatic rings. The van der Waals surface area contributed by atoms with E-state index in [9.17, 15) is 0 Å². The van der Waals surface area contributed by atoms with Gasteiger partial charge in [0.2, 0.25) is 0 Å². The molecule has 0 unspecified atom stereocenters. The molecule has 0 bridgehead atoms. The molecule has 0 saturated heterocycles. The normalized spacial score (nSPS) is 11.3. The van der Waals surface area contributed by atoms with Gasteiger partial charge in [-0.15, -0.1) is 0 Å². The average Bonchev–Trinajstić information content (AvgIpc) is 2.67. The van der Waals surface area contributed by atoms with Crippen molar-refractivity contribution in [1.82, 2.24) is 10.1 Å². The molecule has 0 spiro atoms. The van der Waals surface area contributed by atoms with Gasteiger partial charge in [-0.05, 0) is 30.2 Å². The monoisotopic (exact) mass is 213 g/mol. The van der Waals surface area contributed by atoms with Crippen molar-refractivity contribution < 1.29 is 4.52 Å². The summed E-state index contributed by atoms with van der Waals surface area (Å²) in [7, 11) is 0. The van der Waals surface area contributed by atoms with Crippen LogP contribution in [-0.2, 0) is 6.42 Å². The third-order valence-electron chi connectivity index (χ3n) is 2.76. The summed E-state index contributed by atoms with van der Waals surface area (Å²) in [5.41, 5.74) is 8.37. The summed E-state index contributed by atoms with van der Waals surface area (Å²) in [5, 5.41) is 5.55. The van der Waals surface area contributed by atoms with E-state index >= 15 is 0 Å². The number of anilines is 1. The van der Waals surface area contributed by atoms with E-state index in [0.29, 0.717) is 11.5 Å². The van der Waals surface area contributed by atoms with Gasteiger partial charge < -0.3 is 10.3 Å². The zero-order chi connectivity index (χ0) is 11.1. The summed E-state index contributed by atoms with van der Waals surface area (Å²) in [6, 6.07) is 8.16. The van der Waals surface area contributed by atoms with Crippen LogP contribution in [0.5, 0.6) is 0 Å². The Morgan fingerprint density at radius 3 is 3.00 bits per heavy atom. The number of hydrogen-bond donors (Lipinski definition) is 1. The minimum Gasteiger partial charge on any atom is -0.380 e. The second kappa shape index (κ2) is 3.20. The van der Waals surface area contributed by atoms with Gasteiger partial charge in [-0.25, -0.2) is 4.98 Å². The van der Waals surface area contributed by atoms with Crippen LogP contribution in [0.1, 0.15) is 12.5 Å². The highest BCUT2D eigenvalue weighted by Crippen LogP contribution is 2.24. The van der Waals surface area contributed by atoms with Crippen LogP contribution in [-0.4, -0.2) is 10.1 Å². The van der Waals surface area contributed by atoms with E-state index in [1.807, 2.05) is 12.1 Å². The van der Waals surface area contributed by atoms with Crippen molar-refractivity contribution in [2.24, 2.45) is 0 Å². The Balaban J connectivity index is 2.39. The van der Waals surface area contributed by atoms with Crippen molar-refractivity contribution in [2.75, 3.05) is 5.73 Å². The second-order valence-electron chi connectivity index (χ2n) is 3.79. The van der Waals surface area contributed by atoms with Crippen molar-refractivity contribution in [3.63, 3.8) is 0 Å². The number of nitrogens with zero attached hydrogens (tertiary/aromatic N) is 2. The first-order valence-corrected chi connectivity index (χ1v) is 5.22. The third kappa shape index (κ3) is 1.23. The maximum absolute atomic E-state index is 5.69. The molecule has 3 rings (SSSR count). The molecule has 0 amide bonds. The smallest absolute Gasteiger partial charge is 0.260 e. The Morgan fingerprint density at radius 2 is 2.19 bits per heavy atom. The van der Waals surface area contributed by atoms with Crippen LogP contribution in [0, 0.1) is 0 Å². The van der Waals surface area contributed by atoms with Crippen LogP contribution < -0.4 is 5.73 Å². The summed E-state index contributed by atoms with van der Waals surface area (Å²) in [4.78, 5) is 4.36. The van der Waals surface area contributed by atoms with Gasteiger partial charge >= 0.3 is 0 Å². The van der Waals surface area contributed by atoms with Crippen molar-refractivity contribution in [1.29, 1.82) is 0 Å². The molecule has 0 aliphatic carbocycles. The molecule has 0 radical (unpaired) electrons. The summed E-state index contributed by atoms with van der Waals surface area (Å²) < 4.78 is 5.03. The van der Waals surface area contributed by atoms with Crippen LogP contribution in [0.15, 0.2) is 28.8 Å². The molecule has 4 heteroatoms. The number of benzene rings is 1. The highest BCUT2D eigenvalue weighted by molar-refractivity contribution is 5.95. The summed E-state index contributed by atoms with van der Waals surface area (Å²) >= 11 is 0. The van der Waals surface area contributed by atoms with Gasteiger partial charge in [0.1, 0.15) is 0 Å². The third-order valence-corrected chi connectivity index (χ3v) is 2.76. The number of nitrogens with two attached hydrogens (primary N) is 1. The Bertz CT molecular complexity index is 672. The second-order valence-corrected chi connectivity index (χ2v) is 3.79. The molecule has 80 valence electrons. The van der Waals surface area contributed by atoms with Gasteiger partial charge in [0, 0.05) is 5.39 Å². The van der Waals surface area contributed by atoms with Crippen LogP contribution >= 0.6 is 0 Å². The summed E-state index contributed by atoms with van der Waals surface area (Å²) in [6.07, 6.45) is 1.01. The number of hydrogen-bond acceptors (Lipinski definition) is 4. The maximum atomic E-state index is 5.69. The van der Waals surface area contributed by atoms with E-state index in [2.05, 4.69) is 29.2 Å². The molecular formula is C12H11N3O. The fraction of sp³-hybridized carbons (Fsp3) is 0.167. The predicted molar refractivity (Wildman–Crippen MR) is 63.1 cm³/mol. The zero-order valence-corrected chi connectivity index (χ0v) is 8.90. The number of pyridine rings is 1. The van der Waals surface area contributed by atoms with E-state index in [1.165, 1.54) is 5.56 Å². The molecule has 4 nitrogen and oxygen atoms in total. The molecule has 2 heterocycles. The van der Waals surface area contributed by atoms with E-state index in [-0.39, 0.29) is 0 Å². The Labute approximate surface area is 92.0 Å². The molecule has 2 N–H and O–H groups in total. The SMILES string of the molecule is CCc1ccc2nc3onc(N)c3cc2c1. The van der Waals surface area contributed by atoms with E-state index in [1.54, 1.807) is 0 Å². The van der Waals surface area contributed by atoms with Crippen molar-refractivity contribution >= 4 is 27.8 Å². The molecule has 0 fully saturated rings. The van der Waals surface area contributed by atoms with Crippen LogP contribution in [0.25, 0.3) is 22.0 Å². The highest BCUT2D eigenvalue weighted by atomic mass is 16.5. The fourth-order valence-electron chi connectivity index (χ4n) is 1.82. The molecule has 0 aliphatic heterocycles. The number of nitrogen functional groups attached to an aromatic ring is 1. The van der Waals surface area contributed by atoms with Crippen molar-refractivity contribution in [3.05, 3.63) is 29.8 Å². The number of fused-ring (bicyclic) bond motifs is 2. The van der Waals surface area contributed by atoms with Crippen LogP contribution in [0.4, 0.5) is 5.82 Å². The van der Waals surface area contributed by atoms with Crippen molar-refractivity contribution in [3.8, 4) is 0 Å². The molecule has 0 atom stereocenters. The number of aromatic nitrogens is 2. The quantitative estimate of drug-likeness (QED) is 0.674. The largest absolute Gasteiger partial charge is 0.380 e. The topological polar surface area (TPSA) is 64.9 Å². The maximum Gasteiger partial charge on any atom is 0.260 e. The lowest BCUT2D eigenvalue weighted by molar-refractivity contribution is 0.453. The van der Waals surface area contributed by atoms with E-state index in [4.69, 9.17) is 10.3 Å². The molecule has 1 aromatic carbocycles. The van der Waals surface area contributed by atoms with Gasteiger partial charge in [-0.2, -0.15) is 0 Å². The first kappa shape index (κ1) is 9.15. The Kier molecular flexibility index (Phi) is 1.83. The first-order valence-electron chi connectivity index (χ1n) is 5.22.